The molecule has 0 radical (unpaired) electrons. The van der Waals surface area contributed by atoms with Crippen molar-refractivity contribution >= 4 is 55.2 Å². The van der Waals surface area contributed by atoms with Gasteiger partial charge < -0.3 is 5.02 Å². The molecule has 2 aromatic rings. The zero-order valence-electron chi connectivity index (χ0n) is 11.0. The normalized spacial score (nSPS) is 14.4. The van der Waals surface area contributed by atoms with Crippen molar-refractivity contribution in [2.75, 3.05) is 0 Å². The predicted octanol–water partition coefficient (Wildman–Crippen LogP) is 2.18. The second-order valence-corrected chi connectivity index (χ2v) is 9.01. The van der Waals surface area contributed by atoms with Crippen molar-refractivity contribution in [2.24, 2.45) is 0 Å². The van der Waals surface area contributed by atoms with Crippen LogP contribution in [0.25, 0.3) is 6.08 Å². The standard InChI is InChI=1S/C13H11BBrNO3S2/c1-9-2-4-11(5-3-9)21(18,19)16-7-6-10-8-12(15)20-13(10)14(16)17/h2-8,17H,1H3. The first-order valence-electron chi connectivity index (χ1n) is 6.15. The minimum atomic E-state index is -3.77. The van der Waals surface area contributed by atoms with Crippen molar-refractivity contribution in [2.45, 2.75) is 11.8 Å². The molecule has 3 rings (SSSR count). The van der Waals surface area contributed by atoms with Crippen LogP contribution in [0.3, 0.4) is 0 Å². The molecule has 1 aliphatic heterocycles. The van der Waals surface area contributed by atoms with Gasteiger partial charge in [0.2, 0.25) is 0 Å². The van der Waals surface area contributed by atoms with Crippen molar-refractivity contribution in [3.8, 4) is 0 Å². The van der Waals surface area contributed by atoms with E-state index in [0.29, 0.717) is 4.78 Å². The molecule has 0 aliphatic carbocycles. The maximum atomic E-state index is 12.6. The molecule has 1 aliphatic rings. The Morgan fingerprint density at radius 3 is 2.62 bits per heavy atom. The Balaban J connectivity index is 2.03. The minimum absolute atomic E-state index is 0.163. The molecular weight excluding hydrogens is 373 g/mol. The summed E-state index contributed by atoms with van der Waals surface area (Å²) in [6.45, 7) is 1.89. The van der Waals surface area contributed by atoms with Crippen LogP contribution in [0.4, 0.5) is 0 Å². The van der Waals surface area contributed by atoms with E-state index in [1.807, 2.05) is 13.0 Å². The fourth-order valence-corrected chi connectivity index (χ4v) is 5.12. The molecule has 0 unspecified atom stereocenters. The number of thiophene rings is 1. The highest BCUT2D eigenvalue weighted by Crippen LogP contribution is 2.27. The van der Waals surface area contributed by atoms with Gasteiger partial charge in [0.25, 0.3) is 10.0 Å². The number of sulfonamides is 1. The number of fused-ring (bicyclic) bond motifs is 1. The third-order valence-electron chi connectivity index (χ3n) is 3.23. The van der Waals surface area contributed by atoms with Gasteiger partial charge in [-0.1, -0.05) is 17.7 Å². The summed E-state index contributed by atoms with van der Waals surface area (Å²) in [4.78, 5) is 0.163. The van der Waals surface area contributed by atoms with Crippen molar-refractivity contribution in [3.63, 3.8) is 0 Å². The summed E-state index contributed by atoms with van der Waals surface area (Å²) in [5.41, 5.74) is 1.81. The van der Waals surface area contributed by atoms with Gasteiger partial charge in [-0.05, 0) is 52.7 Å². The van der Waals surface area contributed by atoms with E-state index in [4.69, 9.17) is 0 Å². The molecule has 8 heteroatoms. The van der Waals surface area contributed by atoms with Crippen LogP contribution in [-0.4, -0.2) is 24.7 Å². The van der Waals surface area contributed by atoms with E-state index in [-0.39, 0.29) is 4.90 Å². The minimum Gasteiger partial charge on any atom is -0.427 e. The van der Waals surface area contributed by atoms with Gasteiger partial charge in [-0.15, -0.1) is 11.3 Å². The zero-order chi connectivity index (χ0) is 15.2. The average Bonchev–Trinajstić information content (AvgIpc) is 2.81. The third-order valence-corrected chi connectivity index (χ3v) is 6.67. The summed E-state index contributed by atoms with van der Waals surface area (Å²) >= 11 is 4.67. The van der Waals surface area contributed by atoms with Crippen LogP contribution in [0, 0.1) is 6.92 Å². The Morgan fingerprint density at radius 1 is 1.29 bits per heavy atom. The lowest BCUT2D eigenvalue weighted by molar-refractivity contribution is 0.512. The quantitative estimate of drug-likeness (QED) is 0.808. The van der Waals surface area contributed by atoms with E-state index >= 15 is 0 Å². The Labute approximate surface area is 136 Å². The van der Waals surface area contributed by atoms with Gasteiger partial charge in [-0.3, -0.25) is 4.22 Å². The lowest BCUT2D eigenvalue weighted by Crippen LogP contribution is -2.49. The SMILES string of the molecule is Cc1ccc(S(=O)(=O)N2C=Cc3cc(Br)sc3B2O)cc1. The van der Waals surface area contributed by atoms with Crippen molar-refractivity contribution in [3.05, 3.63) is 51.4 Å². The summed E-state index contributed by atoms with van der Waals surface area (Å²) in [5.74, 6) is 0. The van der Waals surface area contributed by atoms with Crippen LogP contribution in [0.15, 0.2) is 45.2 Å². The fourth-order valence-electron chi connectivity index (χ4n) is 2.11. The number of aryl methyl sites for hydroxylation is 1. The lowest BCUT2D eigenvalue weighted by atomic mass is 9.77. The van der Waals surface area contributed by atoms with Gasteiger partial charge >= 0.3 is 7.05 Å². The number of nitrogens with zero attached hydrogens (tertiary/aromatic N) is 1. The number of rotatable bonds is 2. The molecule has 0 bridgehead atoms. The molecule has 0 atom stereocenters. The molecule has 1 aromatic heterocycles. The van der Waals surface area contributed by atoms with Crippen molar-refractivity contribution in [1.82, 2.24) is 4.22 Å². The van der Waals surface area contributed by atoms with E-state index in [0.717, 1.165) is 19.1 Å². The van der Waals surface area contributed by atoms with Gasteiger partial charge in [-0.25, -0.2) is 8.42 Å². The predicted molar refractivity (Wildman–Crippen MR) is 88.9 cm³/mol. The van der Waals surface area contributed by atoms with E-state index in [9.17, 15) is 13.4 Å². The van der Waals surface area contributed by atoms with Crippen molar-refractivity contribution in [1.29, 1.82) is 0 Å². The summed E-state index contributed by atoms with van der Waals surface area (Å²) in [7, 11) is -4.97. The second-order valence-electron chi connectivity index (χ2n) is 4.71. The Morgan fingerprint density at radius 2 is 1.95 bits per heavy atom. The van der Waals surface area contributed by atoms with Crippen LogP contribution >= 0.6 is 27.3 Å². The molecule has 0 fully saturated rings. The highest BCUT2D eigenvalue weighted by molar-refractivity contribution is 9.11. The summed E-state index contributed by atoms with van der Waals surface area (Å²) in [5, 5.41) is 10.4. The monoisotopic (exact) mass is 383 g/mol. The van der Waals surface area contributed by atoms with Gasteiger partial charge in [-0.2, -0.15) is 0 Å². The summed E-state index contributed by atoms with van der Waals surface area (Å²) in [6.07, 6.45) is 3.09. The van der Waals surface area contributed by atoms with Crippen LogP contribution < -0.4 is 4.78 Å². The molecule has 4 nitrogen and oxygen atoms in total. The summed E-state index contributed by atoms with van der Waals surface area (Å²) < 4.78 is 27.7. The molecule has 1 aromatic carbocycles. The number of benzene rings is 1. The van der Waals surface area contributed by atoms with E-state index in [1.165, 1.54) is 17.5 Å². The Hall–Kier alpha value is -1.09. The van der Waals surface area contributed by atoms with Crippen molar-refractivity contribution < 1.29 is 13.4 Å². The molecule has 0 spiro atoms. The first-order chi connectivity index (χ1) is 9.89. The number of hydrogen-bond donors (Lipinski definition) is 1. The van der Waals surface area contributed by atoms with Gasteiger partial charge in [0.1, 0.15) is 0 Å². The molecule has 0 amide bonds. The van der Waals surface area contributed by atoms with Gasteiger partial charge in [0.05, 0.1) is 8.68 Å². The van der Waals surface area contributed by atoms with Crippen LogP contribution in [0.5, 0.6) is 0 Å². The van der Waals surface area contributed by atoms with Crippen LogP contribution in [-0.2, 0) is 10.0 Å². The lowest BCUT2D eigenvalue weighted by Gasteiger charge is -2.25. The maximum absolute atomic E-state index is 12.6. The molecule has 108 valence electrons. The third kappa shape index (κ3) is 2.57. The first-order valence-corrected chi connectivity index (χ1v) is 9.20. The van der Waals surface area contributed by atoms with Crippen LogP contribution in [0.1, 0.15) is 11.1 Å². The summed E-state index contributed by atoms with van der Waals surface area (Å²) in [6, 6.07) is 8.42. The molecule has 1 N–H and O–H groups in total. The van der Waals surface area contributed by atoms with Crippen LogP contribution in [0.2, 0.25) is 0 Å². The topological polar surface area (TPSA) is 57.6 Å². The molecular formula is C13H11BBrNO3S2. The smallest absolute Gasteiger partial charge is 0.427 e. The Kier molecular flexibility index (Phi) is 3.73. The van der Waals surface area contributed by atoms with Gasteiger partial charge in [0, 0.05) is 11.0 Å². The zero-order valence-corrected chi connectivity index (χ0v) is 14.2. The average molecular weight is 384 g/mol. The molecule has 0 saturated carbocycles. The number of halogens is 1. The fraction of sp³-hybridized carbons (Fsp3) is 0.0769. The van der Waals surface area contributed by atoms with E-state index < -0.39 is 17.1 Å². The van der Waals surface area contributed by atoms with Gasteiger partial charge in [0.15, 0.2) is 0 Å². The van der Waals surface area contributed by atoms with E-state index in [2.05, 4.69) is 15.9 Å². The van der Waals surface area contributed by atoms with E-state index in [1.54, 1.807) is 30.3 Å². The molecule has 0 saturated heterocycles. The molecule has 2 heterocycles. The molecule has 21 heavy (non-hydrogen) atoms. The second kappa shape index (κ2) is 5.28. The maximum Gasteiger partial charge on any atom is 0.474 e. The Bertz CT molecular complexity index is 814. The number of hydrogen-bond acceptors (Lipinski definition) is 4. The first kappa shape index (κ1) is 14.8. The largest absolute Gasteiger partial charge is 0.474 e. The highest BCUT2D eigenvalue weighted by atomic mass is 79.9. The highest BCUT2D eigenvalue weighted by Gasteiger charge is 2.37.